The van der Waals surface area contributed by atoms with Crippen LogP contribution in [0.2, 0.25) is 0 Å². The van der Waals surface area contributed by atoms with Crippen LogP contribution in [-0.2, 0) is 0 Å². The number of nitrogens with zero attached hydrogens (tertiary/aromatic N) is 1. The summed E-state index contributed by atoms with van der Waals surface area (Å²) in [5.74, 6) is -0.166. The fourth-order valence-electron chi connectivity index (χ4n) is 3.48. The van der Waals surface area contributed by atoms with Crippen molar-refractivity contribution in [2.24, 2.45) is 0 Å². The second kappa shape index (κ2) is 7.67. The molecule has 0 aromatic heterocycles. The lowest BCUT2D eigenvalue weighted by atomic mass is 10.0. The summed E-state index contributed by atoms with van der Waals surface area (Å²) >= 11 is 0. The Labute approximate surface area is 143 Å². The van der Waals surface area contributed by atoms with Crippen LogP contribution in [0.4, 0.5) is 0 Å². The molecule has 1 unspecified atom stereocenters. The van der Waals surface area contributed by atoms with Gasteiger partial charge in [-0.3, -0.25) is 4.79 Å². The maximum Gasteiger partial charge on any atom is 0.255 e. The normalized spacial score (nSPS) is 18.6. The molecule has 128 valence electrons. The minimum atomic E-state index is -0.204. The molecule has 1 saturated heterocycles. The van der Waals surface area contributed by atoms with Gasteiger partial charge in [0, 0.05) is 19.1 Å². The molecule has 1 aliphatic rings. The predicted octanol–water partition coefficient (Wildman–Crippen LogP) is 3.54. The van der Waals surface area contributed by atoms with E-state index in [1.165, 1.54) is 25.8 Å². The number of piperidine rings is 1. The molecule has 2 aromatic rings. The van der Waals surface area contributed by atoms with E-state index in [0.29, 0.717) is 18.2 Å². The number of phenolic OH excluding ortho intramolecular Hbond substituents is 1. The Morgan fingerprint density at radius 1 is 1.25 bits per heavy atom. The van der Waals surface area contributed by atoms with Crippen molar-refractivity contribution in [3.8, 4) is 5.75 Å². The molecule has 0 bridgehead atoms. The molecular formula is C20H26N2O2. The Hall–Kier alpha value is -2.07. The number of fused-ring (bicyclic) bond motifs is 1. The van der Waals surface area contributed by atoms with Crippen molar-refractivity contribution in [3.05, 3.63) is 42.0 Å². The highest BCUT2D eigenvalue weighted by molar-refractivity contribution is 6.01. The molecule has 2 aromatic carbocycles. The minimum absolute atomic E-state index is 0.0378. The second-order valence-corrected chi connectivity index (χ2v) is 6.71. The Kier molecular flexibility index (Phi) is 5.36. The monoisotopic (exact) mass is 326 g/mol. The van der Waals surface area contributed by atoms with Crippen molar-refractivity contribution in [2.75, 3.05) is 19.6 Å². The number of benzene rings is 2. The number of aromatic hydroxyl groups is 1. The third-order valence-corrected chi connectivity index (χ3v) is 4.96. The lowest BCUT2D eigenvalue weighted by molar-refractivity contribution is 0.0946. The average molecular weight is 326 g/mol. The largest absolute Gasteiger partial charge is 0.507 e. The quantitative estimate of drug-likeness (QED) is 0.826. The van der Waals surface area contributed by atoms with E-state index in [2.05, 4.69) is 17.1 Å². The molecule has 0 aliphatic carbocycles. The summed E-state index contributed by atoms with van der Waals surface area (Å²) in [4.78, 5) is 14.8. The van der Waals surface area contributed by atoms with Crippen molar-refractivity contribution in [1.29, 1.82) is 0 Å². The smallest absolute Gasteiger partial charge is 0.255 e. The van der Waals surface area contributed by atoms with E-state index < -0.39 is 0 Å². The molecule has 1 atom stereocenters. The van der Waals surface area contributed by atoms with E-state index in [-0.39, 0.29) is 11.7 Å². The third-order valence-electron chi connectivity index (χ3n) is 4.96. The molecule has 3 rings (SSSR count). The summed E-state index contributed by atoms with van der Waals surface area (Å²) in [6, 6.07) is 11.8. The van der Waals surface area contributed by atoms with Gasteiger partial charge in [0.1, 0.15) is 5.75 Å². The zero-order valence-electron chi connectivity index (χ0n) is 14.3. The lowest BCUT2D eigenvalue weighted by Gasteiger charge is -2.33. The molecular weight excluding hydrogens is 300 g/mol. The molecule has 4 heteroatoms. The molecule has 24 heavy (non-hydrogen) atoms. The Balaban J connectivity index is 1.54. The number of carbonyl (C=O) groups excluding carboxylic acids is 1. The fraction of sp³-hybridized carbons (Fsp3) is 0.450. The van der Waals surface area contributed by atoms with Crippen LogP contribution in [0.1, 0.15) is 43.0 Å². The van der Waals surface area contributed by atoms with Gasteiger partial charge in [-0.15, -0.1) is 0 Å². The highest BCUT2D eigenvalue weighted by Gasteiger charge is 2.17. The molecule has 2 N–H and O–H groups in total. The first-order valence-corrected chi connectivity index (χ1v) is 8.89. The van der Waals surface area contributed by atoms with Gasteiger partial charge in [-0.25, -0.2) is 0 Å². The first-order chi connectivity index (χ1) is 11.6. The highest BCUT2D eigenvalue weighted by Crippen LogP contribution is 2.24. The van der Waals surface area contributed by atoms with Gasteiger partial charge in [0.05, 0.1) is 5.56 Å². The van der Waals surface area contributed by atoms with E-state index in [1.807, 2.05) is 24.3 Å². The van der Waals surface area contributed by atoms with E-state index in [9.17, 15) is 9.90 Å². The zero-order valence-corrected chi connectivity index (χ0v) is 14.3. The van der Waals surface area contributed by atoms with E-state index in [1.54, 1.807) is 12.1 Å². The second-order valence-electron chi connectivity index (χ2n) is 6.71. The van der Waals surface area contributed by atoms with E-state index in [0.717, 1.165) is 23.7 Å². The molecule has 1 heterocycles. The number of phenols is 1. The SMILES string of the molecule is CC1CCCCN1CCCNC(=O)c1cc2ccccc2cc1O. The van der Waals surface area contributed by atoms with Gasteiger partial charge in [0.15, 0.2) is 0 Å². The summed E-state index contributed by atoms with van der Waals surface area (Å²) in [7, 11) is 0. The van der Waals surface area contributed by atoms with Crippen LogP contribution in [0.5, 0.6) is 5.75 Å². The zero-order chi connectivity index (χ0) is 16.9. The lowest BCUT2D eigenvalue weighted by Crippen LogP contribution is -2.39. The number of nitrogens with one attached hydrogen (secondary N) is 1. The summed E-state index contributed by atoms with van der Waals surface area (Å²) in [5.41, 5.74) is 0.347. The number of hydrogen-bond acceptors (Lipinski definition) is 3. The van der Waals surface area contributed by atoms with Crippen molar-refractivity contribution in [2.45, 2.75) is 38.6 Å². The summed E-state index contributed by atoms with van der Waals surface area (Å²) in [5, 5.41) is 14.9. The van der Waals surface area contributed by atoms with Crippen LogP contribution in [0.25, 0.3) is 10.8 Å². The minimum Gasteiger partial charge on any atom is -0.507 e. The van der Waals surface area contributed by atoms with E-state index in [4.69, 9.17) is 0 Å². The highest BCUT2D eigenvalue weighted by atomic mass is 16.3. The Morgan fingerprint density at radius 2 is 2.00 bits per heavy atom. The van der Waals surface area contributed by atoms with Gasteiger partial charge < -0.3 is 15.3 Å². The van der Waals surface area contributed by atoms with Crippen LogP contribution >= 0.6 is 0 Å². The summed E-state index contributed by atoms with van der Waals surface area (Å²) in [6.07, 6.45) is 4.82. The first-order valence-electron chi connectivity index (χ1n) is 8.89. The topological polar surface area (TPSA) is 52.6 Å². The first kappa shape index (κ1) is 16.8. The fourth-order valence-corrected chi connectivity index (χ4v) is 3.48. The van der Waals surface area contributed by atoms with Crippen LogP contribution in [0.3, 0.4) is 0 Å². The molecule has 1 aliphatic heterocycles. The molecule has 1 fully saturated rings. The van der Waals surface area contributed by atoms with Gasteiger partial charge in [-0.1, -0.05) is 30.7 Å². The summed E-state index contributed by atoms with van der Waals surface area (Å²) in [6.45, 7) is 5.10. The van der Waals surface area contributed by atoms with Crippen molar-refractivity contribution in [3.63, 3.8) is 0 Å². The average Bonchev–Trinajstić information content (AvgIpc) is 2.59. The van der Waals surface area contributed by atoms with Crippen molar-refractivity contribution >= 4 is 16.7 Å². The molecule has 1 amide bonds. The Bertz CT molecular complexity index is 714. The van der Waals surface area contributed by atoms with Crippen molar-refractivity contribution < 1.29 is 9.90 Å². The van der Waals surface area contributed by atoms with Gasteiger partial charge in [-0.2, -0.15) is 0 Å². The van der Waals surface area contributed by atoms with Gasteiger partial charge in [-0.05, 0) is 55.6 Å². The van der Waals surface area contributed by atoms with E-state index >= 15 is 0 Å². The van der Waals surface area contributed by atoms with Crippen LogP contribution < -0.4 is 5.32 Å². The van der Waals surface area contributed by atoms with Crippen LogP contribution in [0.15, 0.2) is 36.4 Å². The summed E-state index contributed by atoms with van der Waals surface area (Å²) < 4.78 is 0. The molecule has 0 spiro atoms. The number of likely N-dealkylation sites (tertiary alicyclic amines) is 1. The van der Waals surface area contributed by atoms with Gasteiger partial charge >= 0.3 is 0 Å². The molecule has 4 nitrogen and oxygen atoms in total. The number of rotatable bonds is 5. The van der Waals surface area contributed by atoms with Crippen LogP contribution in [0, 0.1) is 0 Å². The maximum atomic E-state index is 12.3. The van der Waals surface area contributed by atoms with Gasteiger partial charge in [0.25, 0.3) is 5.91 Å². The van der Waals surface area contributed by atoms with Gasteiger partial charge in [0.2, 0.25) is 0 Å². The number of hydrogen-bond donors (Lipinski definition) is 2. The molecule has 0 radical (unpaired) electrons. The number of amides is 1. The molecule has 0 saturated carbocycles. The maximum absolute atomic E-state index is 12.3. The Morgan fingerprint density at radius 3 is 2.75 bits per heavy atom. The third kappa shape index (κ3) is 3.88. The van der Waals surface area contributed by atoms with Crippen LogP contribution in [-0.4, -0.2) is 41.6 Å². The van der Waals surface area contributed by atoms with Crippen molar-refractivity contribution in [1.82, 2.24) is 10.2 Å². The number of carbonyl (C=O) groups is 1. The predicted molar refractivity (Wildman–Crippen MR) is 97.4 cm³/mol. The standard InChI is InChI=1S/C20H26N2O2/c1-15-7-4-5-11-22(15)12-6-10-21-20(24)18-13-16-8-2-3-9-17(16)14-19(18)23/h2-3,8-9,13-15,23H,4-7,10-12H2,1H3,(H,21,24).